The number of nitro groups is 1. The number of anilines is 3. The molecule has 0 atom stereocenters. The molecule has 0 radical (unpaired) electrons. The van der Waals surface area contributed by atoms with E-state index in [4.69, 9.17) is 4.42 Å². The maximum atomic E-state index is 13.7. The summed E-state index contributed by atoms with van der Waals surface area (Å²) in [5.74, 6) is -1.61. The molecular weight excluding hydrogens is 469 g/mol. The van der Waals surface area contributed by atoms with Gasteiger partial charge in [0.25, 0.3) is 17.5 Å². The molecule has 2 aromatic carbocycles. The Kier molecular flexibility index (Phi) is 6.45. The molecule has 2 N–H and O–H groups in total. The van der Waals surface area contributed by atoms with E-state index in [1.807, 2.05) is 4.90 Å². The molecule has 1 fully saturated rings. The summed E-state index contributed by atoms with van der Waals surface area (Å²) >= 11 is 0. The van der Waals surface area contributed by atoms with Gasteiger partial charge in [-0.05, 0) is 49.2 Å². The molecule has 1 saturated heterocycles. The molecule has 2 amide bonds. The first-order valence-corrected chi connectivity index (χ1v) is 10.5. The first-order valence-electron chi connectivity index (χ1n) is 10.5. The van der Waals surface area contributed by atoms with Crippen molar-refractivity contribution in [2.24, 2.45) is 0 Å². The van der Waals surface area contributed by atoms with E-state index in [0.717, 1.165) is 31.2 Å². The minimum atomic E-state index is -4.86. The van der Waals surface area contributed by atoms with Gasteiger partial charge in [-0.3, -0.25) is 19.7 Å². The number of nitro benzene ring substituents is 1. The van der Waals surface area contributed by atoms with Crippen LogP contribution in [0.2, 0.25) is 0 Å². The number of alkyl halides is 3. The fourth-order valence-corrected chi connectivity index (χ4v) is 3.79. The molecule has 3 aromatic rings. The second kappa shape index (κ2) is 9.49. The lowest BCUT2D eigenvalue weighted by molar-refractivity contribution is -0.384. The smallest absolute Gasteiger partial charge is 0.418 e. The van der Waals surface area contributed by atoms with Crippen molar-refractivity contribution in [1.82, 2.24) is 0 Å². The largest absolute Gasteiger partial charge is 0.472 e. The summed E-state index contributed by atoms with van der Waals surface area (Å²) in [6, 6.07) is 8.05. The Bertz CT molecular complexity index is 1270. The Morgan fingerprint density at radius 1 is 0.971 bits per heavy atom. The minimum absolute atomic E-state index is 0.120. The second-order valence-electron chi connectivity index (χ2n) is 7.83. The highest BCUT2D eigenvalue weighted by atomic mass is 19.4. The Morgan fingerprint density at radius 3 is 2.31 bits per heavy atom. The molecule has 0 saturated carbocycles. The van der Waals surface area contributed by atoms with Gasteiger partial charge in [-0.15, -0.1) is 0 Å². The van der Waals surface area contributed by atoms with Gasteiger partial charge in [-0.1, -0.05) is 0 Å². The van der Waals surface area contributed by atoms with E-state index in [0.29, 0.717) is 24.8 Å². The zero-order valence-electron chi connectivity index (χ0n) is 18.1. The van der Waals surface area contributed by atoms with E-state index >= 15 is 0 Å². The van der Waals surface area contributed by atoms with Crippen molar-refractivity contribution in [3.63, 3.8) is 0 Å². The third-order valence-electron chi connectivity index (χ3n) is 5.50. The van der Waals surface area contributed by atoms with Crippen LogP contribution in [0.5, 0.6) is 0 Å². The Morgan fingerprint density at radius 2 is 1.69 bits per heavy atom. The van der Waals surface area contributed by atoms with Crippen LogP contribution in [0.1, 0.15) is 39.1 Å². The number of amides is 2. The van der Waals surface area contributed by atoms with Crippen LogP contribution in [0, 0.1) is 10.1 Å². The zero-order valence-corrected chi connectivity index (χ0v) is 18.1. The molecule has 1 aromatic heterocycles. The standard InChI is InChI=1S/C23H19F3N4O5/c24-23(25,26)17-12-16(27-22(32)15-7-10-35-13-15)4-5-18(17)28-21(31)14-3-6-19(20(11-14)30(33)34)29-8-1-2-9-29/h3-7,10-13H,1-2,8-9H2,(H,27,32)(H,28,31). The van der Waals surface area contributed by atoms with Crippen molar-refractivity contribution in [2.45, 2.75) is 19.0 Å². The van der Waals surface area contributed by atoms with E-state index in [2.05, 4.69) is 10.6 Å². The second-order valence-corrected chi connectivity index (χ2v) is 7.83. The normalized spacial score (nSPS) is 13.5. The maximum Gasteiger partial charge on any atom is 0.418 e. The van der Waals surface area contributed by atoms with Crippen molar-refractivity contribution >= 4 is 34.6 Å². The summed E-state index contributed by atoms with van der Waals surface area (Å²) in [5, 5.41) is 16.1. The molecule has 0 aliphatic carbocycles. The summed E-state index contributed by atoms with van der Waals surface area (Å²) in [6.45, 7) is 1.29. The van der Waals surface area contributed by atoms with Crippen LogP contribution in [0.4, 0.5) is 35.9 Å². The van der Waals surface area contributed by atoms with Gasteiger partial charge in [0, 0.05) is 30.4 Å². The van der Waals surface area contributed by atoms with Crippen molar-refractivity contribution < 1.29 is 32.1 Å². The molecule has 12 heteroatoms. The highest BCUT2D eigenvalue weighted by Gasteiger charge is 2.35. The minimum Gasteiger partial charge on any atom is -0.472 e. The van der Waals surface area contributed by atoms with Crippen molar-refractivity contribution in [3.8, 4) is 0 Å². The molecule has 4 rings (SSSR count). The SMILES string of the molecule is O=C(Nc1ccc(NC(=O)c2ccc(N3CCCC3)c([N+](=O)[O-])c2)c(C(F)(F)F)c1)c1ccoc1. The number of nitrogens with one attached hydrogen (secondary N) is 2. The van der Waals surface area contributed by atoms with Crippen LogP contribution >= 0.6 is 0 Å². The van der Waals surface area contributed by atoms with Gasteiger partial charge >= 0.3 is 6.18 Å². The lowest BCUT2D eigenvalue weighted by Gasteiger charge is -2.18. The monoisotopic (exact) mass is 488 g/mol. The van der Waals surface area contributed by atoms with Gasteiger partial charge in [-0.25, -0.2) is 0 Å². The van der Waals surface area contributed by atoms with E-state index in [1.165, 1.54) is 30.5 Å². The molecule has 9 nitrogen and oxygen atoms in total. The average molecular weight is 488 g/mol. The topological polar surface area (TPSA) is 118 Å². The molecular formula is C23H19F3N4O5. The van der Waals surface area contributed by atoms with Gasteiger partial charge in [0.1, 0.15) is 12.0 Å². The summed E-state index contributed by atoms with van der Waals surface area (Å²) < 4.78 is 45.9. The van der Waals surface area contributed by atoms with Crippen LogP contribution in [-0.2, 0) is 6.18 Å². The van der Waals surface area contributed by atoms with Gasteiger partial charge < -0.3 is 20.0 Å². The van der Waals surface area contributed by atoms with E-state index in [1.54, 1.807) is 0 Å². The third kappa shape index (κ3) is 5.26. The van der Waals surface area contributed by atoms with Crippen molar-refractivity contribution in [3.05, 3.63) is 81.8 Å². The number of hydrogen-bond acceptors (Lipinski definition) is 6. The van der Waals surface area contributed by atoms with Crippen LogP contribution in [0.25, 0.3) is 0 Å². The highest BCUT2D eigenvalue weighted by molar-refractivity contribution is 6.06. The Balaban J connectivity index is 1.59. The highest BCUT2D eigenvalue weighted by Crippen LogP contribution is 2.37. The average Bonchev–Trinajstić information content (AvgIpc) is 3.53. The molecule has 0 bridgehead atoms. The number of rotatable bonds is 6. The van der Waals surface area contributed by atoms with Crippen LogP contribution in [0.3, 0.4) is 0 Å². The van der Waals surface area contributed by atoms with E-state index in [9.17, 15) is 32.9 Å². The number of hydrogen-bond donors (Lipinski definition) is 2. The summed E-state index contributed by atoms with van der Waals surface area (Å²) in [7, 11) is 0. The first kappa shape index (κ1) is 23.8. The predicted octanol–water partition coefficient (Wildman–Crippen LogP) is 5.31. The number of carbonyl (C=O) groups excluding carboxylic acids is 2. The molecule has 2 heterocycles. The molecule has 0 unspecified atom stereocenters. The molecule has 1 aliphatic rings. The molecule has 1 aliphatic heterocycles. The van der Waals surface area contributed by atoms with Gasteiger partial charge in [0.15, 0.2) is 0 Å². The van der Waals surface area contributed by atoms with Gasteiger partial charge in [0.2, 0.25) is 0 Å². The van der Waals surface area contributed by atoms with Gasteiger partial charge in [0.05, 0.1) is 28.0 Å². The zero-order chi connectivity index (χ0) is 25.2. The molecule has 0 spiro atoms. The summed E-state index contributed by atoms with van der Waals surface area (Å²) in [5.41, 5.74) is -1.88. The van der Waals surface area contributed by atoms with Crippen LogP contribution in [0.15, 0.2) is 59.4 Å². The fourth-order valence-electron chi connectivity index (χ4n) is 3.79. The quantitative estimate of drug-likeness (QED) is 0.359. The lowest BCUT2D eigenvalue weighted by Crippen LogP contribution is -2.20. The van der Waals surface area contributed by atoms with Crippen LogP contribution in [-0.4, -0.2) is 29.8 Å². The summed E-state index contributed by atoms with van der Waals surface area (Å²) in [4.78, 5) is 37.6. The molecule has 182 valence electrons. The van der Waals surface area contributed by atoms with Crippen LogP contribution < -0.4 is 15.5 Å². The number of halogens is 3. The number of benzene rings is 2. The third-order valence-corrected chi connectivity index (χ3v) is 5.50. The predicted molar refractivity (Wildman–Crippen MR) is 121 cm³/mol. The molecule has 35 heavy (non-hydrogen) atoms. The Hall–Kier alpha value is -4.35. The fraction of sp³-hybridized carbons (Fsp3) is 0.217. The Labute approximate surface area is 196 Å². The van der Waals surface area contributed by atoms with E-state index in [-0.39, 0.29) is 22.5 Å². The van der Waals surface area contributed by atoms with Gasteiger partial charge in [-0.2, -0.15) is 13.2 Å². The maximum absolute atomic E-state index is 13.7. The first-order chi connectivity index (χ1) is 16.6. The number of nitrogens with zero attached hydrogens (tertiary/aromatic N) is 2. The summed E-state index contributed by atoms with van der Waals surface area (Å²) in [6.07, 6.45) is -0.694. The van der Waals surface area contributed by atoms with Crippen molar-refractivity contribution in [2.75, 3.05) is 28.6 Å². The lowest BCUT2D eigenvalue weighted by atomic mass is 10.1. The number of carbonyl (C=O) groups is 2. The van der Waals surface area contributed by atoms with E-state index < -0.39 is 34.2 Å². The van der Waals surface area contributed by atoms with Crippen molar-refractivity contribution in [1.29, 1.82) is 0 Å². The number of furan rings is 1.